The molecule has 23 heavy (non-hydrogen) atoms. The number of carbonyl (C=O) groups excluding carboxylic acids is 1. The lowest BCUT2D eigenvalue weighted by Crippen LogP contribution is -2.52. The van der Waals surface area contributed by atoms with Gasteiger partial charge in [-0.2, -0.15) is 0 Å². The summed E-state index contributed by atoms with van der Waals surface area (Å²) in [5.41, 5.74) is 0. The first-order valence-electron chi connectivity index (χ1n) is 9.19. The second-order valence-corrected chi connectivity index (χ2v) is 7.36. The number of hydrogen-bond donors (Lipinski definition) is 0. The monoisotopic (exact) mass is 324 g/mol. The standard InChI is InChI=1S/C17H32N4O2/c1-18(2)11-12-19-13-14-23-16-6-10-21(9-5-15(16)19)17(22)20-7-3-4-8-20/h15-16H,3-14H2,1-2H3. The first-order valence-corrected chi connectivity index (χ1v) is 9.19. The van der Waals surface area contributed by atoms with Crippen LogP contribution in [0.5, 0.6) is 0 Å². The van der Waals surface area contributed by atoms with Gasteiger partial charge in [0.25, 0.3) is 0 Å². The van der Waals surface area contributed by atoms with Gasteiger partial charge in [-0.05, 0) is 39.8 Å². The van der Waals surface area contributed by atoms with Crippen LogP contribution in [-0.4, -0.2) is 104 Å². The first kappa shape index (κ1) is 17.0. The van der Waals surface area contributed by atoms with Gasteiger partial charge >= 0.3 is 6.03 Å². The zero-order valence-corrected chi connectivity index (χ0v) is 14.7. The van der Waals surface area contributed by atoms with Gasteiger partial charge in [0.2, 0.25) is 0 Å². The van der Waals surface area contributed by atoms with Crippen LogP contribution in [0.4, 0.5) is 4.79 Å². The Hall–Kier alpha value is -0.850. The van der Waals surface area contributed by atoms with Crippen molar-refractivity contribution in [2.45, 2.75) is 37.8 Å². The molecule has 2 unspecified atom stereocenters. The van der Waals surface area contributed by atoms with Crippen molar-refractivity contribution in [1.82, 2.24) is 19.6 Å². The van der Waals surface area contributed by atoms with Crippen molar-refractivity contribution >= 4 is 6.03 Å². The Morgan fingerprint density at radius 2 is 1.74 bits per heavy atom. The van der Waals surface area contributed by atoms with Crippen LogP contribution in [0.1, 0.15) is 25.7 Å². The SMILES string of the molecule is CN(C)CCN1CCOC2CCN(C(=O)N3CCCC3)CCC21. The van der Waals surface area contributed by atoms with Crippen LogP contribution in [0, 0.1) is 0 Å². The van der Waals surface area contributed by atoms with E-state index in [-0.39, 0.29) is 6.03 Å². The summed E-state index contributed by atoms with van der Waals surface area (Å²) in [4.78, 5) is 21.6. The Morgan fingerprint density at radius 1 is 1.04 bits per heavy atom. The lowest BCUT2D eigenvalue weighted by atomic mass is 10.0. The second kappa shape index (κ2) is 7.81. The third-order valence-electron chi connectivity index (χ3n) is 5.47. The highest BCUT2D eigenvalue weighted by molar-refractivity contribution is 5.74. The van der Waals surface area contributed by atoms with Crippen molar-refractivity contribution in [3.8, 4) is 0 Å². The topological polar surface area (TPSA) is 39.3 Å². The maximum atomic E-state index is 12.6. The normalized spacial score (nSPS) is 29.7. The van der Waals surface area contributed by atoms with Crippen LogP contribution in [0.2, 0.25) is 0 Å². The smallest absolute Gasteiger partial charge is 0.319 e. The van der Waals surface area contributed by atoms with E-state index in [4.69, 9.17) is 4.74 Å². The number of rotatable bonds is 3. The van der Waals surface area contributed by atoms with Gasteiger partial charge in [0.1, 0.15) is 0 Å². The molecule has 3 aliphatic heterocycles. The molecule has 6 heteroatoms. The molecule has 0 aliphatic carbocycles. The summed E-state index contributed by atoms with van der Waals surface area (Å²) in [5.74, 6) is 0. The van der Waals surface area contributed by atoms with Crippen molar-refractivity contribution in [2.75, 3.05) is 66.5 Å². The lowest BCUT2D eigenvalue weighted by molar-refractivity contribution is -0.0724. The van der Waals surface area contributed by atoms with Crippen LogP contribution in [0.15, 0.2) is 0 Å². The fourth-order valence-corrected chi connectivity index (χ4v) is 4.07. The molecule has 3 fully saturated rings. The van der Waals surface area contributed by atoms with Gasteiger partial charge in [-0.3, -0.25) is 4.90 Å². The molecule has 0 aromatic carbocycles. The summed E-state index contributed by atoms with van der Waals surface area (Å²) in [7, 11) is 4.25. The van der Waals surface area contributed by atoms with Gasteiger partial charge < -0.3 is 19.4 Å². The molecule has 0 N–H and O–H groups in total. The Bertz CT molecular complexity index is 398. The molecule has 3 saturated heterocycles. The second-order valence-electron chi connectivity index (χ2n) is 7.36. The number of amides is 2. The first-order chi connectivity index (χ1) is 11.1. The van der Waals surface area contributed by atoms with Gasteiger partial charge in [-0.15, -0.1) is 0 Å². The lowest BCUT2D eigenvalue weighted by Gasteiger charge is -2.40. The summed E-state index contributed by atoms with van der Waals surface area (Å²) >= 11 is 0. The highest BCUT2D eigenvalue weighted by atomic mass is 16.5. The highest BCUT2D eigenvalue weighted by Crippen LogP contribution is 2.24. The van der Waals surface area contributed by atoms with E-state index in [2.05, 4.69) is 28.8 Å². The summed E-state index contributed by atoms with van der Waals surface area (Å²) in [5, 5.41) is 0. The number of nitrogens with zero attached hydrogens (tertiary/aromatic N) is 4. The third-order valence-corrected chi connectivity index (χ3v) is 5.47. The zero-order valence-electron chi connectivity index (χ0n) is 14.7. The van der Waals surface area contributed by atoms with Crippen LogP contribution in [0.25, 0.3) is 0 Å². The van der Waals surface area contributed by atoms with E-state index in [1.165, 1.54) is 0 Å². The number of urea groups is 1. The average Bonchev–Trinajstić information content (AvgIpc) is 2.99. The largest absolute Gasteiger partial charge is 0.375 e. The molecule has 0 aromatic rings. The average molecular weight is 324 g/mol. The molecule has 0 saturated carbocycles. The molecule has 2 atom stereocenters. The Kier molecular flexibility index (Phi) is 5.77. The Morgan fingerprint density at radius 3 is 2.48 bits per heavy atom. The molecule has 0 spiro atoms. The fraction of sp³-hybridized carbons (Fsp3) is 0.941. The van der Waals surface area contributed by atoms with E-state index < -0.39 is 0 Å². The number of likely N-dealkylation sites (tertiary alicyclic amines) is 2. The number of hydrogen-bond acceptors (Lipinski definition) is 4. The fourth-order valence-electron chi connectivity index (χ4n) is 4.07. The van der Waals surface area contributed by atoms with E-state index in [1.54, 1.807) is 0 Å². The van der Waals surface area contributed by atoms with Gasteiger partial charge in [0.05, 0.1) is 12.7 Å². The summed E-state index contributed by atoms with van der Waals surface area (Å²) in [6.45, 7) is 7.62. The van der Waals surface area contributed by atoms with Crippen molar-refractivity contribution < 1.29 is 9.53 Å². The molecule has 6 nitrogen and oxygen atoms in total. The zero-order chi connectivity index (χ0) is 16.2. The summed E-state index contributed by atoms with van der Waals surface area (Å²) < 4.78 is 6.05. The number of carbonyl (C=O) groups is 1. The maximum absolute atomic E-state index is 12.6. The minimum absolute atomic E-state index is 0.251. The van der Waals surface area contributed by atoms with Crippen molar-refractivity contribution in [2.24, 2.45) is 0 Å². The van der Waals surface area contributed by atoms with E-state index in [9.17, 15) is 4.79 Å². The predicted molar refractivity (Wildman–Crippen MR) is 90.7 cm³/mol. The van der Waals surface area contributed by atoms with Crippen LogP contribution in [0.3, 0.4) is 0 Å². The minimum Gasteiger partial charge on any atom is -0.375 e. The Balaban J connectivity index is 1.58. The van der Waals surface area contributed by atoms with Crippen LogP contribution < -0.4 is 0 Å². The van der Waals surface area contributed by atoms with Gasteiger partial charge in [-0.1, -0.05) is 0 Å². The molecule has 0 radical (unpaired) electrons. The van der Waals surface area contributed by atoms with Crippen LogP contribution in [-0.2, 0) is 4.74 Å². The summed E-state index contributed by atoms with van der Waals surface area (Å²) in [6.07, 6.45) is 4.63. The van der Waals surface area contributed by atoms with E-state index in [1.807, 2.05) is 4.90 Å². The molecule has 0 bridgehead atoms. The molecular formula is C17H32N4O2. The summed E-state index contributed by atoms with van der Waals surface area (Å²) in [6, 6.07) is 0.723. The molecule has 3 aliphatic rings. The molecule has 132 valence electrons. The number of morpholine rings is 1. The highest BCUT2D eigenvalue weighted by Gasteiger charge is 2.36. The molecule has 0 aromatic heterocycles. The number of likely N-dealkylation sites (N-methyl/N-ethyl adjacent to an activating group) is 1. The van der Waals surface area contributed by atoms with E-state index >= 15 is 0 Å². The van der Waals surface area contributed by atoms with Crippen molar-refractivity contribution in [3.63, 3.8) is 0 Å². The molecule has 2 amide bonds. The van der Waals surface area contributed by atoms with Gasteiger partial charge in [0, 0.05) is 51.9 Å². The predicted octanol–water partition coefficient (Wildman–Crippen LogP) is 0.929. The van der Waals surface area contributed by atoms with Gasteiger partial charge in [-0.25, -0.2) is 4.79 Å². The van der Waals surface area contributed by atoms with Crippen LogP contribution >= 0.6 is 0 Å². The molecular weight excluding hydrogens is 292 g/mol. The molecule has 3 heterocycles. The van der Waals surface area contributed by atoms with Crippen molar-refractivity contribution in [3.05, 3.63) is 0 Å². The maximum Gasteiger partial charge on any atom is 0.319 e. The van der Waals surface area contributed by atoms with Crippen molar-refractivity contribution in [1.29, 1.82) is 0 Å². The third kappa shape index (κ3) is 4.17. The number of fused-ring (bicyclic) bond motifs is 1. The van der Waals surface area contributed by atoms with E-state index in [0.717, 1.165) is 78.1 Å². The Labute approximate surface area is 140 Å². The van der Waals surface area contributed by atoms with E-state index in [0.29, 0.717) is 12.1 Å². The quantitative estimate of drug-likeness (QED) is 0.774. The number of ether oxygens (including phenoxy) is 1. The minimum atomic E-state index is 0.251. The van der Waals surface area contributed by atoms with Gasteiger partial charge in [0.15, 0.2) is 0 Å². The molecule has 3 rings (SSSR count).